The fourth-order valence-corrected chi connectivity index (χ4v) is 1.97. The van der Waals surface area contributed by atoms with E-state index in [1.807, 2.05) is 6.07 Å². The topological polar surface area (TPSA) is 23.5 Å². The maximum Gasteiger partial charge on any atom is 0.128 e. The second-order valence-corrected chi connectivity index (χ2v) is 4.44. The zero-order chi connectivity index (χ0) is 12.4. The molecule has 0 radical (unpaired) electrons. The number of hydrogen-bond donors (Lipinski definition) is 1. The predicted octanol–water partition coefficient (Wildman–Crippen LogP) is 2.97. The number of rotatable bonds is 4. The van der Waals surface area contributed by atoms with E-state index in [1.165, 1.54) is 6.07 Å². The average molecular weight is 233 g/mol. The van der Waals surface area contributed by atoms with Gasteiger partial charge < -0.3 is 5.11 Å². The molecule has 1 aromatic rings. The number of aliphatic hydroxyl groups excluding tert-OH is 1. The van der Waals surface area contributed by atoms with Gasteiger partial charge in [-0.3, -0.25) is 4.90 Å². The van der Waals surface area contributed by atoms with Crippen LogP contribution < -0.4 is 0 Å². The summed E-state index contributed by atoms with van der Waals surface area (Å²) in [5.41, 5.74) is 1.47. The highest BCUT2D eigenvalue weighted by Gasteiger charge is 2.29. The molecule has 0 unspecified atom stereocenters. The van der Waals surface area contributed by atoms with Crippen LogP contribution in [0.15, 0.2) is 37.1 Å². The molecule has 0 aromatic heterocycles. The first-order valence-electron chi connectivity index (χ1n) is 5.61. The lowest BCUT2D eigenvalue weighted by Crippen LogP contribution is -2.46. The summed E-state index contributed by atoms with van der Waals surface area (Å²) < 4.78 is 13.7. The Morgan fingerprint density at radius 3 is 2.76 bits per heavy atom. The van der Waals surface area contributed by atoms with Crippen LogP contribution in [-0.2, 0) is 6.54 Å². The maximum absolute atomic E-state index is 13.7. The molecule has 1 aromatic carbocycles. The summed E-state index contributed by atoms with van der Waals surface area (Å²) in [6.07, 6.45) is 1.63. The molecule has 0 bridgehead atoms. The van der Waals surface area contributed by atoms with Gasteiger partial charge in [0, 0.05) is 31.1 Å². The van der Waals surface area contributed by atoms with Gasteiger partial charge in [-0.2, -0.15) is 0 Å². The van der Waals surface area contributed by atoms with Gasteiger partial charge in [0.1, 0.15) is 5.82 Å². The number of halogens is 1. The van der Waals surface area contributed by atoms with Gasteiger partial charge in [-0.15, -0.1) is 0 Å². The largest absolute Gasteiger partial charge is 0.513 e. The molecule has 2 rings (SSSR count). The summed E-state index contributed by atoms with van der Waals surface area (Å²) in [5, 5.41) is 9.17. The van der Waals surface area contributed by atoms with Crippen molar-refractivity contribution in [3.8, 4) is 0 Å². The van der Waals surface area contributed by atoms with Crippen molar-refractivity contribution in [1.29, 1.82) is 0 Å². The van der Waals surface area contributed by atoms with E-state index in [0.29, 0.717) is 12.1 Å². The zero-order valence-electron chi connectivity index (χ0n) is 9.69. The lowest BCUT2D eigenvalue weighted by atomic mass is 9.97. The Balaban J connectivity index is 1.96. The van der Waals surface area contributed by atoms with Gasteiger partial charge in [-0.1, -0.05) is 31.4 Å². The number of hydrogen-bond acceptors (Lipinski definition) is 2. The van der Waals surface area contributed by atoms with Gasteiger partial charge in [-0.25, -0.2) is 4.39 Å². The predicted molar refractivity (Wildman–Crippen MR) is 67.0 cm³/mol. The van der Waals surface area contributed by atoms with Crippen molar-refractivity contribution in [2.24, 2.45) is 5.92 Å². The van der Waals surface area contributed by atoms with E-state index < -0.39 is 0 Å². The molecule has 1 fully saturated rings. The Labute approximate surface area is 101 Å². The Bertz CT molecular complexity index is 450. The van der Waals surface area contributed by atoms with Gasteiger partial charge in [0.05, 0.1) is 5.76 Å². The highest BCUT2D eigenvalue weighted by Crippen LogP contribution is 2.23. The molecular weight excluding hydrogens is 217 g/mol. The second kappa shape index (κ2) is 4.72. The number of nitrogens with zero attached hydrogens (tertiary/aromatic N) is 1. The smallest absolute Gasteiger partial charge is 0.128 e. The van der Waals surface area contributed by atoms with Crippen molar-refractivity contribution < 1.29 is 9.50 Å². The third-order valence-electron chi connectivity index (χ3n) is 3.14. The molecule has 1 heterocycles. The monoisotopic (exact) mass is 233 g/mol. The molecule has 0 amide bonds. The van der Waals surface area contributed by atoms with Gasteiger partial charge in [0.2, 0.25) is 0 Å². The molecule has 1 saturated heterocycles. The van der Waals surface area contributed by atoms with E-state index in [9.17, 15) is 9.50 Å². The second-order valence-electron chi connectivity index (χ2n) is 4.44. The van der Waals surface area contributed by atoms with E-state index in [2.05, 4.69) is 18.1 Å². The van der Waals surface area contributed by atoms with E-state index in [1.54, 1.807) is 12.1 Å². The Morgan fingerprint density at radius 1 is 1.53 bits per heavy atom. The zero-order valence-corrected chi connectivity index (χ0v) is 9.69. The van der Waals surface area contributed by atoms with Crippen LogP contribution in [0.4, 0.5) is 4.39 Å². The molecule has 0 spiro atoms. The van der Waals surface area contributed by atoms with E-state index in [0.717, 1.165) is 18.7 Å². The molecule has 3 heteroatoms. The van der Waals surface area contributed by atoms with Crippen molar-refractivity contribution in [2.45, 2.75) is 6.54 Å². The fraction of sp³-hybridized carbons (Fsp3) is 0.286. The van der Waals surface area contributed by atoms with Gasteiger partial charge in [0.25, 0.3) is 0 Å². The van der Waals surface area contributed by atoms with Crippen LogP contribution >= 0.6 is 0 Å². The number of likely N-dealkylation sites (tertiary alicyclic amines) is 1. The first kappa shape index (κ1) is 11.9. The Kier molecular flexibility index (Phi) is 3.29. The van der Waals surface area contributed by atoms with Crippen LogP contribution in [-0.4, -0.2) is 23.1 Å². The van der Waals surface area contributed by atoms with Crippen LogP contribution in [0.3, 0.4) is 0 Å². The third-order valence-corrected chi connectivity index (χ3v) is 3.14. The average Bonchev–Trinajstić information content (AvgIpc) is 2.23. The van der Waals surface area contributed by atoms with Crippen molar-refractivity contribution >= 4 is 6.08 Å². The van der Waals surface area contributed by atoms with E-state index in [4.69, 9.17) is 0 Å². The van der Waals surface area contributed by atoms with Crippen LogP contribution in [0.2, 0.25) is 0 Å². The summed E-state index contributed by atoms with van der Waals surface area (Å²) in [5.74, 6) is 0.169. The minimum absolute atomic E-state index is 0.144. The number of benzene rings is 1. The summed E-state index contributed by atoms with van der Waals surface area (Å²) >= 11 is 0. The summed E-state index contributed by atoms with van der Waals surface area (Å²) in [6, 6.07) is 5.13. The van der Waals surface area contributed by atoms with Gasteiger partial charge in [0.15, 0.2) is 0 Å². The minimum atomic E-state index is -0.200. The molecule has 0 aliphatic carbocycles. The van der Waals surface area contributed by atoms with Crippen molar-refractivity contribution in [3.05, 3.63) is 54.1 Å². The standard InChI is InChI=1S/C14H16FNO/c1-3-11-4-5-12(14(15)6-11)7-16-8-13(9-16)10(2)17/h3-6,13,17H,1-2,7-9H2. The number of aliphatic hydroxyl groups is 1. The third kappa shape index (κ3) is 2.56. The molecule has 17 heavy (non-hydrogen) atoms. The molecule has 2 nitrogen and oxygen atoms in total. The van der Waals surface area contributed by atoms with Gasteiger partial charge in [-0.05, 0) is 11.6 Å². The molecule has 1 N–H and O–H groups in total. The molecule has 0 saturated carbocycles. The van der Waals surface area contributed by atoms with Crippen LogP contribution in [0.1, 0.15) is 11.1 Å². The first-order chi connectivity index (χ1) is 8.10. The van der Waals surface area contributed by atoms with Gasteiger partial charge >= 0.3 is 0 Å². The highest BCUT2D eigenvalue weighted by atomic mass is 19.1. The summed E-state index contributed by atoms with van der Waals surface area (Å²) in [4.78, 5) is 2.08. The van der Waals surface area contributed by atoms with Crippen molar-refractivity contribution in [1.82, 2.24) is 4.90 Å². The Hall–Kier alpha value is -1.61. The van der Waals surface area contributed by atoms with Crippen LogP contribution in [0.5, 0.6) is 0 Å². The molecule has 1 aliphatic heterocycles. The summed E-state index contributed by atoms with van der Waals surface area (Å²) in [6.45, 7) is 9.18. The van der Waals surface area contributed by atoms with E-state index >= 15 is 0 Å². The fourth-order valence-electron chi connectivity index (χ4n) is 1.97. The molecule has 0 atom stereocenters. The minimum Gasteiger partial charge on any atom is -0.513 e. The van der Waals surface area contributed by atoms with Crippen molar-refractivity contribution in [3.63, 3.8) is 0 Å². The lowest BCUT2D eigenvalue weighted by Gasteiger charge is -2.38. The SMILES string of the molecule is C=Cc1ccc(CN2CC(C(=C)O)C2)c(F)c1. The maximum atomic E-state index is 13.7. The van der Waals surface area contributed by atoms with Crippen LogP contribution in [0.25, 0.3) is 6.08 Å². The lowest BCUT2D eigenvalue weighted by molar-refractivity contribution is 0.0852. The quantitative estimate of drug-likeness (QED) is 0.808. The van der Waals surface area contributed by atoms with E-state index in [-0.39, 0.29) is 17.5 Å². The highest BCUT2D eigenvalue weighted by molar-refractivity contribution is 5.47. The van der Waals surface area contributed by atoms with Crippen LogP contribution in [0, 0.1) is 11.7 Å². The molecular formula is C14H16FNO. The normalized spacial score (nSPS) is 16.5. The van der Waals surface area contributed by atoms with Crippen molar-refractivity contribution in [2.75, 3.05) is 13.1 Å². The summed E-state index contributed by atoms with van der Waals surface area (Å²) in [7, 11) is 0. The molecule has 1 aliphatic rings. The Morgan fingerprint density at radius 2 is 2.24 bits per heavy atom. The first-order valence-corrected chi connectivity index (χ1v) is 5.61. The molecule has 90 valence electrons.